The Labute approximate surface area is 224 Å². The molecular formula is C35H34FN2+. The van der Waals surface area contributed by atoms with Gasteiger partial charge in [0.2, 0.25) is 0 Å². The van der Waals surface area contributed by atoms with E-state index in [1.54, 1.807) is 0 Å². The van der Waals surface area contributed by atoms with E-state index in [1.807, 2.05) is 12.1 Å². The molecule has 0 aliphatic heterocycles. The van der Waals surface area contributed by atoms with E-state index in [0.29, 0.717) is 11.8 Å². The first kappa shape index (κ1) is 24.4. The molecule has 0 aliphatic rings. The highest BCUT2D eigenvalue weighted by Crippen LogP contribution is 2.40. The number of pyridine rings is 1. The summed E-state index contributed by atoms with van der Waals surface area (Å²) in [5.74, 6) is 0.586. The second-order valence-corrected chi connectivity index (χ2v) is 11.1. The van der Waals surface area contributed by atoms with Crippen molar-refractivity contribution in [3.63, 3.8) is 0 Å². The Hall–Kier alpha value is -3.98. The van der Waals surface area contributed by atoms with Crippen LogP contribution in [0.2, 0.25) is 0 Å². The van der Waals surface area contributed by atoms with Gasteiger partial charge < -0.3 is 0 Å². The average Bonchev–Trinajstić information content (AvgIpc) is 3.25. The van der Waals surface area contributed by atoms with Gasteiger partial charge >= 0.3 is 0 Å². The molecule has 3 heteroatoms. The standard InChI is InChI=1S/C35H34FN2/c1-21(2)27-10-8-11-28(22(3)4)34(27)32-20-37(6)35-33-23(5)9-7-12-29(33)30-19-25(15-18-31(30)38(32)35)24-13-16-26(36)17-14-24/h7-22H,1-6H3/q+1. The van der Waals surface area contributed by atoms with Crippen molar-refractivity contribution in [2.24, 2.45) is 7.05 Å². The number of imidazole rings is 1. The average molecular weight is 502 g/mol. The monoisotopic (exact) mass is 501 g/mol. The molecule has 0 aliphatic carbocycles. The van der Waals surface area contributed by atoms with Crippen molar-refractivity contribution in [2.45, 2.75) is 46.5 Å². The van der Waals surface area contributed by atoms with Gasteiger partial charge in [0, 0.05) is 16.3 Å². The predicted molar refractivity (Wildman–Crippen MR) is 157 cm³/mol. The van der Waals surface area contributed by atoms with Gasteiger partial charge in [-0.2, -0.15) is 4.40 Å². The van der Waals surface area contributed by atoms with Gasteiger partial charge in [0.1, 0.15) is 17.5 Å². The maximum absolute atomic E-state index is 13.7. The van der Waals surface area contributed by atoms with Crippen LogP contribution in [-0.4, -0.2) is 4.40 Å². The molecule has 0 fully saturated rings. The van der Waals surface area contributed by atoms with E-state index in [9.17, 15) is 4.39 Å². The summed E-state index contributed by atoms with van der Waals surface area (Å²) in [7, 11) is 2.16. The zero-order valence-electron chi connectivity index (χ0n) is 23.0. The molecule has 0 radical (unpaired) electrons. The molecule has 38 heavy (non-hydrogen) atoms. The molecule has 0 spiro atoms. The summed E-state index contributed by atoms with van der Waals surface area (Å²) in [6.07, 6.45) is 2.31. The Balaban J connectivity index is 1.80. The number of halogens is 1. The Morgan fingerprint density at radius 3 is 2.03 bits per heavy atom. The van der Waals surface area contributed by atoms with E-state index in [-0.39, 0.29) is 5.82 Å². The minimum atomic E-state index is -0.216. The molecule has 0 atom stereocenters. The van der Waals surface area contributed by atoms with Gasteiger partial charge in [-0.3, -0.25) is 0 Å². The number of nitrogens with zero attached hydrogens (tertiary/aromatic N) is 2. The zero-order valence-corrected chi connectivity index (χ0v) is 23.0. The van der Waals surface area contributed by atoms with Gasteiger partial charge in [0.25, 0.3) is 5.65 Å². The van der Waals surface area contributed by atoms with Crippen LogP contribution in [0, 0.1) is 12.7 Å². The van der Waals surface area contributed by atoms with E-state index in [0.717, 1.165) is 11.1 Å². The van der Waals surface area contributed by atoms with E-state index in [2.05, 4.69) is 111 Å². The summed E-state index contributed by atoms with van der Waals surface area (Å²) < 4.78 is 18.4. The fraction of sp³-hybridized carbons (Fsp3) is 0.229. The summed E-state index contributed by atoms with van der Waals surface area (Å²) in [6, 6.07) is 26.8. The number of hydrogen-bond acceptors (Lipinski definition) is 0. The summed E-state index contributed by atoms with van der Waals surface area (Å²) in [4.78, 5) is 0. The maximum atomic E-state index is 13.7. The second kappa shape index (κ2) is 9.09. The Morgan fingerprint density at radius 1 is 0.737 bits per heavy atom. The number of rotatable bonds is 4. The Morgan fingerprint density at radius 2 is 1.37 bits per heavy atom. The first-order valence-corrected chi connectivity index (χ1v) is 13.5. The normalized spacial score (nSPS) is 12.0. The zero-order chi connectivity index (χ0) is 26.7. The molecule has 6 aromatic rings. The minimum absolute atomic E-state index is 0.216. The second-order valence-electron chi connectivity index (χ2n) is 11.1. The highest BCUT2D eigenvalue weighted by atomic mass is 19.1. The van der Waals surface area contributed by atoms with E-state index >= 15 is 0 Å². The van der Waals surface area contributed by atoms with Crippen LogP contribution in [0.1, 0.15) is 56.2 Å². The maximum Gasteiger partial charge on any atom is 0.295 e. The lowest BCUT2D eigenvalue weighted by molar-refractivity contribution is -0.643. The van der Waals surface area contributed by atoms with Crippen molar-refractivity contribution in [1.29, 1.82) is 0 Å². The predicted octanol–water partition coefficient (Wildman–Crippen LogP) is 9.10. The molecule has 6 rings (SSSR count). The van der Waals surface area contributed by atoms with Crippen LogP contribution < -0.4 is 4.57 Å². The van der Waals surface area contributed by atoms with Crippen LogP contribution in [-0.2, 0) is 7.05 Å². The number of fused-ring (bicyclic) bond motifs is 6. The molecule has 0 unspecified atom stereocenters. The molecule has 0 saturated heterocycles. The lowest BCUT2D eigenvalue weighted by Gasteiger charge is -2.18. The molecule has 0 saturated carbocycles. The van der Waals surface area contributed by atoms with Crippen LogP contribution in [0.15, 0.2) is 85.1 Å². The van der Waals surface area contributed by atoms with Gasteiger partial charge in [-0.1, -0.05) is 82.3 Å². The largest absolute Gasteiger partial charge is 0.295 e. The summed E-state index contributed by atoms with van der Waals surface area (Å²) >= 11 is 0. The lowest BCUT2D eigenvalue weighted by Crippen LogP contribution is -2.26. The van der Waals surface area contributed by atoms with Gasteiger partial charge in [-0.25, -0.2) is 8.96 Å². The summed E-state index contributed by atoms with van der Waals surface area (Å²) in [5.41, 5.74) is 11.0. The van der Waals surface area contributed by atoms with Crippen molar-refractivity contribution in [3.8, 4) is 22.4 Å². The molecule has 4 aromatic carbocycles. The van der Waals surface area contributed by atoms with Gasteiger partial charge in [0.05, 0.1) is 12.4 Å². The van der Waals surface area contributed by atoms with Gasteiger partial charge in [-0.15, -0.1) is 0 Å². The molecule has 2 nitrogen and oxygen atoms in total. The minimum Gasteiger partial charge on any atom is -0.232 e. The van der Waals surface area contributed by atoms with Crippen molar-refractivity contribution in [3.05, 3.63) is 108 Å². The van der Waals surface area contributed by atoms with Crippen LogP contribution in [0.4, 0.5) is 4.39 Å². The quantitative estimate of drug-likeness (QED) is 0.168. The summed E-state index contributed by atoms with van der Waals surface area (Å²) in [5, 5.41) is 3.69. The lowest BCUT2D eigenvalue weighted by atomic mass is 9.87. The van der Waals surface area contributed by atoms with Gasteiger partial charge in [0.15, 0.2) is 5.69 Å². The Bertz CT molecular complexity index is 1810. The molecule has 190 valence electrons. The SMILES string of the molecule is Cc1cccc2c3cc(-c4ccc(F)cc4)ccc3n3c(-c4c(C(C)C)cccc4C(C)C)c[n+](C)c3c12. The molecule has 0 amide bonds. The highest BCUT2D eigenvalue weighted by molar-refractivity contribution is 6.13. The van der Waals surface area contributed by atoms with Crippen LogP contribution >= 0.6 is 0 Å². The third-order valence-corrected chi connectivity index (χ3v) is 7.93. The molecule has 0 bridgehead atoms. The molecule has 2 heterocycles. The smallest absolute Gasteiger partial charge is 0.232 e. The van der Waals surface area contributed by atoms with Crippen molar-refractivity contribution in [2.75, 3.05) is 0 Å². The fourth-order valence-corrected chi connectivity index (χ4v) is 6.09. The fourth-order valence-electron chi connectivity index (χ4n) is 6.09. The third kappa shape index (κ3) is 3.72. The van der Waals surface area contributed by atoms with Crippen LogP contribution in [0.3, 0.4) is 0 Å². The topological polar surface area (TPSA) is 8.29 Å². The first-order chi connectivity index (χ1) is 18.3. The van der Waals surface area contributed by atoms with Crippen molar-refractivity contribution < 1.29 is 8.96 Å². The first-order valence-electron chi connectivity index (χ1n) is 13.5. The van der Waals surface area contributed by atoms with Crippen LogP contribution in [0.25, 0.3) is 49.7 Å². The number of aromatic nitrogens is 2. The summed E-state index contributed by atoms with van der Waals surface area (Å²) in [6.45, 7) is 11.3. The Kier molecular flexibility index (Phi) is 5.83. The van der Waals surface area contributed by atoms with Crippen LogP contribution in [0.5, 0.6) is 0 Å². The van der Waals surface area contributed by atoms with E-state index < -0.39 is 0 Å². The number of aryl methyl sites for hydroxylation is 2. The van der Waals surface area contributed by atoms with E-state index in [4.69, 9.17) is 0 Å². The third-order valence-electron chi connectivity index (χ3n) is 7.93. The molecule has 2 aromatic heterocycles. The highest BCUT2D eigenvalue weighted by Gasteiger charge is 2.28. The van der Waals surface area contributed by atoms with Crippen molar-refractivity contribution in [1.82, 2.24) is 4.40 Å². The number of hydrogen-bond donors (Lipinski definition) is 0. The number of benzene rings is 4. The van der Waals surface area contributed by atoms with E-state index in [1.165, 1.54) is 67.4 Å². The van der Waals surface area contributed by atoms with Gasteiger partial charge in [-0.05, 0) is 70.8 Å². The van der Waals surface area contributed by atoms with Crippen molar-refractivity contribution >= 4 is 27.3 Å². The molecular weight excluding hydrogens is 467 g/mol. The molecule has 0 N–H and O–H groups in total.